The van der Waals surface area contributed by atoms with Crippen LogP contribution in [0.15, 0.2) is 33.5 Å². The summed E-state index contributed by atoms with van der Waals surface area (Å²) in [4.78, 5) is 11.8. The second-order valence-electron chi connectivity index (χ2n) is 2.69. The highest BCUT2D eigenvalue weighted by Gasteiger charge is 2.08. The number of thiocarbonyl (C=S) groups is 1. The highest BCUT2D eigenvalue weighted by molar-refractivity contribution is 7.80. The summed E-state index contributed by atoms with van der Waals surface area (Å²) in [6.45, 7) is 1.69. The van der Waals surface area contributed by atoms with Gasteiger partial charge in [0.15, 0.2) is 5.58 Å². The molecule has 0 N–H and O–H groups in total. The Kier molecular flexibility index (Phi) is 1.77. The first kappa shape index (κ1) is 8.19. The van der Waals surface area contributed by atoms with Crippen molar-refractivity contribution in [2.75, 3.05) is 0 Å². The molecule has 0 aliphatic rings. The van der Waals surface area contributed by atoms with Gasteiger partial charge in [-0.3, -0.25) is 0 Å². The van der Waals surface area contributed by atoms with Crippen LogP contribution in [0.4, 0.5) is 0 Å². The third-order valence-corrected chi connectivity index (χ3v) is 1.98. The largest absolute Gasteiger partial charge is 0.425 e. The normalized spacial score (nSPS) is 10.5. The summed E-state index contributed by atoms with van der Waals surface area (Å²) in [5, 5.41) is 0. The van der Waals surface area contributed by atoms with Crippen molar-refractivity contribution < 1.29 is 4.42 Å². The van der Waals surface area contributed by atoms with Crippen LogP contribution in [0, 0.1) is 0 Å². The fraction of sp³-hybridized carbons (Fsp3) is 0.111. The molecule has 2 rings (SSSR count). The molecule has 2 aromatic rings. The Morgan fingerprint density at radius 1 is 1.46 bits per heavy atom. The summed E-state index contributed by atoms with van der Waals surface area (Å²) in [6, 6.07) is 7.20. The van der Waals surface area contributed by atoms with Gasteiger partial charge in [-0.2, -0.15) is 0 Å². The van der Waals surface area contributed by atoms with E-state index in [4.69, 9.17) is 16.6 Å². The molecule has 0 aliphatic heterocycles. The molecule has 0 atom stereocenters. The third kappa shape index (κ3) is 1.19. The molecule has 3 nitrogen and oxygen atoms in total. The van der Waals surface area contributed by atoms with E-state index < -0.39 is 5.76 Å². The summed E-state index contributed by atoms with van der Waals surface area (Å²) in [5.41, 5.74) is 1.29. The summed E-state index contributed by atoms with van der Waals surface area (Å²) in [7, 11) is 0. The molecule has 1 heterocycles. The monoisotopic (exact) mass is 193 g/mol. The Labute approximate surface area is 79.6 Å². The molecular weight excluding hydrogens is 186 g/mol. The van der Waals surface area contributed by atoms with Crippen molar-refractivity contribution in [3.8, 4) is 0 Å². The molecular formula is C9H7NO2S. The van der Waals surface area contributed by atoms with Gasteiger partial charge in [-0.25, -0.2) is 9.36 Å². The van der Waals surface area contributed by atoms with Gasteiger partial charge in [-0.05, 0) is 19.1 Å². The van der Waals surface area contributed by atoms with Crippen molar-refractivity contribution in [1.82, 2.24) is 4.57 Å². The maximum Gasteiger partial charge on any atom is 0.425 e. The molecule has 0 saturated carbocycles. The fourth-order valence-electron chi connectivity index (χ4n) is 1.26. The zero-order chi connectivity index (χ0) is 9.42. The van der Waals surface area contributed by atoms with Gasteiger partial charge in [0.25, 0.3) is 0 Å². The molecule has 4 heteroatoms. The second-order valence-corrected chi connectivity index (χ2v) is 3.28. The van der Waals surface area contributed by atoms with Gasteiger partial charge >= 0.3 is 5.76 Å². The Bertz CT molecular complexity index is 524. The molecule has 0 bridgehead atoms. The minimum absolute atomic E-state index is 0.423. The molecule has 1 aromatic heterocycles. The highest BCUT2D eigenvalue weighted by atomic mass is 32.1. The predicted molar refractivity (Wildman–Crippen MR) is 54.1 cm³/mol. The van der Waals surface area contributed by atoms with Crippen LogP contribution in [0.3, 0.4) is 0 Å². The van der Waals surface area contributed by atoms with E-state index in [9.17, 15) is 4.79 Å². The van der Waals surface area contributed by atoms with Gasteiger partial charge in [0.2, 0.25) is 0 Å². The highest BCUT2D eigenvalue weighted by Crippen LogP contribution is 2.11. The van der Waals surface area contributed by atoms with Crippen molar-refractivity contribution in [1.29, 1.82) is 0 Å². The van der Waals surface area contributed by atoms with Gasteiger partial charge in [0.1, 0.15) is 0 Å². The topological polar surface area (TPSA) is 35.1 Å². The SMILES string of the molecule is CC(=S)n1c(=O)oc2ccccc21. The number of rotatable bonds is 0. The van der Waals surface area contributed by atoms with Crippen molar-refractivity contribution in [2.45, 2.75) is 6.92 Å². The number of aromatic nitrogens is 1. The van der Waals surface area contributed by atoms with E-state index in [0.29, 0.717) is 10.6 Å². The zero-order valence-electron chi connectivity index (χ0n) is 6.98. The molecule has 66 valence electrons. The first-order chi connectivity index (χ1) is 6.20. The van der Waals surface area contributed by atoms with Gasteiger partial charge in [0.05, 0.1) is 10.5 Å². The average molecular weight is 193 g/mol. The van der Waals surface area contributed by atoms with Crippen LogP contribution in [0.2, 0.25) is 0 Å². The molecule has 0 amide bonds. The van der Waals surface area contributed by atoms with E-state index in [1.165, 1.54) is 4.57 Å². The smallest absolute Gasteiger partial charge is 0.407 e. The predicted octanol–water partition coefficient (Wildman–Crippen LogP) is 1.79. The molecule has 0 spiro atoms. The summed E-state index contributed by atoms with van der Waals surface area (Å²) in [6.07, 6.45) is 0. The van der Waals surface area contributed by atoms with E-state index in [1.807, 2.05) is 12.1 Å². The van der Waals surface area contributed by atoms with Crippen LogP contribution in [-0.4, -0.2) is 9.56 Å². The second kappa shape index (κ2) is 2.81. The Hall–Kier alpha value is -1.42. The van der Waals surface area contributed by atoms with E-state index in [0.717, 1.165) is 5.52 Å². The first-order valence-electron chi connectivity index (χ1n) is 3.81. The van der Waals surface area contributed by atoms with Crippen molar-refractivity contribution >= 4 is 28.3 Å². The Morgan fingerprint density at radius 2 is 2.15 bits per heavy atom. The number of hydrogen-bond acceptors (Lipinski definition) is 3. The van der Waals surface area contributed by atoms with Crippen LogP contribution in [-0.2, 0) is 0 Å². The number of hydrogen-bond donors (Lipinski definition) is 0. The standard InChI is InChI=1S/C9H7NO2S/c1-6(13)10-7-4-2-3-5-8(7)12-9(10)11/h2-5H,1H3. The lowest BCUT2D eigenvalue weighted by Crippen LogP contribution is -2.18. The molecule has 0 saturated heterocycles. The minimum Gasteiger partial charge on any atom is -0.407 e. The molecule has 0 aliphatic carbocycles. The first-order valence-corrected chi connectivity index (χ1v) is 4.22. The summed E-state index contributed by atoms with van der Waals surface area (Å²) < 4.78 is 6.36. The van der Waals surface area contributed by atoms with Crippen LogP contribution < -0.4 is 5.76 Å². The molecule has 0 radical (unpaired) electrons. The minimum atomic E-state index is -0.423. The van der Waals surface area contributed by atoms with Crippen molar-refractivity contribution in [3.63, 3.8) is 0 Å². The van der Waals surface area contributed by atoms with Crippen molar-refractivity contribution in [2.24, 2.45) is 0 Å². The lowest BCUT2D eigenvalue weighted by atomic mass is 10.3. The average Bonchev–Trinajstić information content (AvgIpc) is 2.39. The lowest BCUT2D eigenvalue weighted by molar-refractivity contribution is 0.545. The van der Waals surface area contributed by atoms with Crippen molar-refractivity contribution in [3.05, 3.63) is 34.8 Å². The maximum atomic E-state index is 11.3. The van der Waals surface area contributed by atoms with E-state index in [1.54, 1.807) is 19.1 Å². The molecule has 0 fully saturated rings. The molecule has 1 aromatic carbocycles. The van der Waals surface area contributed by atoms with Gasteiger partial charge in [0, 0.05) is 0 Å². The number of oxazole rings is 1. The van der Waals surface area contributed by atoms with Crippen LogP contribution in [0.1, 0.15) is 6.92 Å². The summed E-state index contributed by atoms with van der Waals surface area (Å²) >= 11 is 4.93. The third-order valence-electron chi connectivity index (χ3n) is 1.80. The number of para-hydroxylation sites is 2. The zero-order valence-corrected chi connectivity index (χ0v) is 7.80. The van der Waals surface area contributed by atoms with Crippen LogP contribution >= 0.6 is 12.2 Å². The number of fused-ring (bicyclic) bond motifs is 1. The van der Waals surface area contributed by atoms with Gasteiger partial charge in [-0.15, -0.1) is 0 Å². The Balaban J connectivity index is 2.95. The van der Waals surface area contributed by atoms with Crippen LogP contribution in [0.25, 0.3) is 11.1 Å². The van der Waals surface area contributed by atoms with Crippen LogP contribution in [0.5, 0.6) is 0 Å². The Morgan fingerprint density at radius 3 is 2.85 bits per heavy atom. The number of nitrogens with zero attached hydrogens (tertiary/aromatic N) is 1. The van der Waals surface area contributed by atoms with E-state index >= 15 is 0 Å². The number of benzene rings is 1. The summed E-state index contributed by atoms with van der Waals surface area (Å²) in [5.74, 6) is -0.423. The fourth-order valence-corrected chi connectivity index (χ4v) is 1.44. The van der Waals surface area contributed by atoms with E-state index in [2.05, 4.69) is 0 Å². The van der Waals surface area contributed by atoms with E-state index in [-0.39, 0.29) is 0 Å². The maximum absolute atomic E-state index is 11.3. The van der Waals surface area contributed by atoms with Gasteiger partial charge in [-0.1, -0.05) is 24.4 Å². The van der Waals surface area contributed by atoms with Gasteiger partial charge < -0.3 is 4.42 Å². The molecule has 0 unspecified atom stereocenters. The lowest BCUT2D eigenvalue weighted by Gasteiger charge is -1.95. The quantitative estimate of drug-likeness (QED) is 0.598. The molecule has 13 heavy (non-hydrogen) atoms.